The van der Waals surface area contributed by atoms with E-state index in [0.29, 0.717) is 6.54 Å². The number of fused-ring (bicyclic) bond motifs is 1. The standard InChI is InChI=1S/C15H17BrN4/c1-19-9-11(10-5-3-4-6-12(10)19)14-15(16)18-13(7-8-17)20(14)2/h3-6,9H,7-8,17H2,1-2H3. The van der Waals surface area contributed by atoms with E-state index in [1.54, 1.807) is 0 Å². The van der Waals surface area contributed by atoms with Crippen molar-refractivity contribution < 1.29 is 0 Å². The molecule has 5 heteroatoms. The highest BCUT2D eigenvalue weighted by Gasteiger charge is 2.18. The van der Waals surface area contributed by atoms with Crippen molar-refractivity contribution in [2.45, 2.75) is 6.42 Å². The smallest absolute Gasteiger partial charge is 0.132 e. The second-order valence-corrected chi connectivity index (χ2v) is 5.69. The van der Waals surface area contributed by atoms with Crippen molar-refractivity contribution in [1.29, 1.82) is 0 Å². The van der Waals surface area contributed by atoms with E-state index in [1.165, 1.54) is 16.5 Å². The Kier molecular flexibility index (Phi) is 3.40. The Morgan fingerprint density at radius 2 is 2.00 bits per heavy atom. The lowest BCUT2D eigenvalue weighted by atomic mass is 10.1. The Bertz CT molecular complexity index is 770. The molecule has 1 aromatic carbocycles. The van der Waals surface area contributed by atoms with Gasteiger partial charge >= 0.3 is 0 Å². The fourth-order valence-electron chi connectivity index (χ4n) is 2.68. The molecule has 0 spiro atoms. The van der Waals surface area contributed by atoms with Gasteiger partial charge in [0.05, 0.1) is 5.69 Å². The summed E-state index contributed by atoms with van der Waals surface area (Å²) in [6.07, 6.45) is 2.93. The van der Waals surface area contributed by atoms with Crippen molar-refractivity contribution in [1.82, 2.24) is 14.1 Å². The quantitative estimate of drug-likeness (QED) is 0.801. The van der Waals surface area contributed by atoms with Gasteiger partial charge in [0.2, 0.25) is 0 Å². The Labute approximate surface area is 126 Å². The summed E-state index contributed by atoms with van der Waals surface area (Å²) < 4.78 is 5.14. The minimum atomic E-state index is 0.603. The Morgan fingerprint density at radius 1 is 1.25 bits per heavy atom. The predicted octanol–water partition coefficient (Wildman–Crippen LogP) is 2.84. The molecule has 0 unspecified atom stereocenters. The number of imidazole rings is 1. The van der Waals surface area contributed by atoms with Crippen molar-refractivity contribution in [3.05, 3.63) is 40.9 Å². The van der Waals surface area contributed by atoms with Crippen LogP contribution in [0.15, 0.2) is 35.1 Å². The number of hydrogen-bond acceptors (Lipinski definition) is 2. The molecular formula is C15H17BrN4. The molecule has 0 atom stereocenters. The molecule has 0 aliphatic carbocycles. The highest BCUT2D eigenvalue weighted by atomic mass is 79.9. The van der Waals surface area contributed by atoms with Gasteiger partial charge in [-0.1, -0.05) is 18.2 Å². The number of hydrogen-bond donors (Lipinski definition) is 1. The summed E-state index contributed by atoms with van der Waals surface area (Å²) >= 11 is 3.59. The largest absolute Gasteiger partial charge is 0.350 e. The number of halogens is 1. The zero-order valence-corrected chi connectivity index (χ0v) is 13.2. The highest BCUT2D eigenvalue weighted by Crippen LogP contribution is 2.34. The first-order chi connectivity index (χ1) is 9.63. The van der Waals surface area contributed by atoms with Gasteiger partial charge in [0.15, 0.2) is 0 Å². The van der Waals surface area contributed by atoms with Crippen LogP contribution in [-0.2, 0) is 20.5 Å². The average Bonchev–Trinajstić information content (AvgIpc) is 2.90. The fourth-order valence-corrected chi connectivity index (χ4v) is 3.37. The number of nitrogens with two attached hydrogens (primary N) is 1. The van der Waals surface area contributed by atoms with Gasteiger partial charge in [-0.2, -0.15) is 0 Å². The van der Waals surface area contributed by atoms with Crippen molar-refractivity contribution in [3.8, 4) is 11.3 Å². The van der Waals surface area contributed by atoms with Crippen LogP contribution in [0.4, 0.5) is 0 Å². The molecule has 3 rings (SSSR count). The molecule has 0 radical (unpaired) electrons. The second-order valence-electron chi connectivity index (χ2n) is 4.94. The summed E-state index contributed by atoms with van der Waals surface area (Å²) in [6.45, 7) is 0.603. The van der Waals surface area contributed by atoms with Crippen LogP contribution in [-0.4, -0.2) is 20.7 Å². The molecule has 0 saturated heterocycles. The van der Waals surface area contributed by atoms with Crippen LogP contribution in [0, 0.1) is 0 Å². The third kappa shape index (κ3) is 1.98. The minimum absolute atomic E-state index is 0.603. The zero-order valence-electron chi connectivity index (χ0n) is 11.6. The third-order valence-electron chi connectivity index (χ3n) is 3.67. The van der Waals surface area contributed by atoms with E-state index >= 15 is 0 Å². The number of aromatic nitrogens is 3. The molecule has 0 fully saturated rings. The number of para-hydroxylation sites is 1. The van der Waals surface area contributed by atoms with Gasteiger partial charge in [-0.3, -0.25) is 0 Å². The molecule has 4 nitrogen and oxygen atoms in total. The topological polar surface area (TPSA) is 48.8 Å². The van der Waals surface area contributed by atoms with E-state index in [1.807, 2.05) is 7.05 Å². The van der Waals surface area contributed by atoms with Crippen LogP contribution in [0.2, 0.25) is 0 Å². The molecule has 2 N–H and O–H groups in total. The SMILES string of the molecule is Cn1c(CCN)nc(Br)c1-c1cn(C)c2ccccc12. The van der Waals surface area contributed by atoms with Crippen LogP contribution < -0.4 is 5.73 Å². The summed E-state index contributed by atoms with van der Waals surface area (Å²) in [6, 6.07) is 8.40. The monoisotopic (exact) mass is 332 g/mol. The van der Waals surface area contributed by atoms with Crippen LogP contribution in [0.3, 0.4) is 0 Å². The van der Waals surface area contributed by atoms with E-state index in [9.17, 15) is 0 Å². The summed E-state index contributed by atoms with van der Waals surface area (Å²) in [7, 11) is 4.11. The van der Waals surface area contributed by atoms with Crippen LogP contribution >= 0.6 is 15.9 Å². The van der Waals surface area contributed by atoms with Crippen molar-refractivity contribution >= 4 is 26.8 Å². The van der Waals surface area contributed by atoms with Crippen LogP contribution in [0.25, 0.3) is 22.2 Å². The molecule has 0 bridgehead atoms. The molecule has 2 aromatic heterocycles. The maximum atomic E-state index is 5.65. The lowest BCUT2D eigenvalue weighted by Gasteiger charge is -2.04. The Morgan fingerprint density at radius 3 is 2.75 bits per heavy atom. The maximum absolute atomic E-state index is 5.65. The fraction of sp³-hybridized carbons (Fsp3) is 0.267. The molecule has 0 aliphatic heterocycles. The maximum Gasteiger partial charge on any atom is 0.132 e. The van der Waals surface area contributed by atoms with E-state index in [0.717, 1.165) is 22.5 Å². The molecule has 0 amide bonds. The van der Waals surface area contributed by atoms with Crippen molar-refractivity contribution in [3.63, 3.8) is 0 Å². The van der Waals surface area contributed by atoms with Gasteiger partial charge in [0.1, 0.15) is 10.4 Å². The first-order valence-corrected chi connectivity index (χ1v) is 7.38. The van der Waals surface area contributed by atoms with E-state index < -0.39 is 0 Å². The number of benzene rings is 1. The molecule has 104 valence electrons. The summed E-state index contributed by atoms with van der Waals surface area (Å²) in [4.78, 5) is 4.58. The molecule has 20 heavy (non-hydrogen) atoms. The third-order valence-corrected chi connectivity index (χ3v) is 4.22. The van der Waals surface area contributed by atoms with Gasteiger partial charge < -0.3 is 14.9 Å². The van der Waals surface area contributed by atoms with E-state index in [2.05, 4.69) is 67.6 Å². The first kappa shape index (κ1) is 13.4. The highest BCUT2D eigenvalue weighted by molar-refractivity contribution is 9.10. The lowest BCUT2D eigenvalue weighted by Crippen LogP contribution is -2.08. The molecule has 2 heterocycles. The number of aryl methyl sites for hydroxylation is 1. The van der Waals surface area contributed by atoms with Gasteiger partial charge in [-0.25, -0.2) is 4.98 Å². The number of nitrogens with zero attached hydrogens (tertiary/aromatic N) is 3. The minimum Gasteiger partial charge on any atom is -0.350 e. The first-order valence-electron chi connectivity index (χ1n) is 6.59. The van der Waals surface area contributed by atoms with Gasteiger partial charge in [0, 0.05) is 43.2 Å². The molecule has 0 aliphatic rings. The van der Waals surface area contributed by atoms with Crippen LogP contribution in [0.1, 0.15) is 5.82 Å². The summed E-state index contributed by atoms with van der Waals surface area (Å²) in [5.74, 6) is 1.00. The second kappa shape index (κ2) is 5.07. The van der Waals surface area contributed by atoms with E-state index in [4.69, 9.17) is 5.73 Å². The van der Waals surface area contributed by atoms with Gasteiger partial charge in [-0.05, 0) is 28.5 Å². The molecular weight excluding hydrogens is 316 g/mol. The van der Waals surface area contributed by atoms with Crippen LogP contribution in [0.5, 0.6) is 0 Å². The summed E-state index contributed by atoms with van der Waals surface area (Å²) in [5, 5.41) is 1.23. The van der Waals surface area contributed by atoms with Gasteiger partial charge in [0.25, 0.3) is 0 Å². The normalized spacial score (nSPS) is 11.4. The Balaban J connectivity index is 2.26. The summed E-state index contributed by atoms with van der Waals surface area (Å²) in [5.41, 5.74) is 9.16. The molecule has 3 aromatic rings. The average molecular weight is 333 g/mol. The lowest BCUT2D eigenvalue weighted by molar-refractivity contribution is 0.782. The van der Waals surface area contributed by atoms with Gasteiger partial charge in [-0.15, -0.1) is 0 Å². The molecule has 0 saturated carbocycles. The van der Waals surface area contributed by atoms with E-state index in [-0.39, 0.29) is 0 Å². The van der Waals surface area contributed by atoms with Crippen molar-refractivity contribution in [2.24, 2.45) is 19.8 Å². The number of rotatable bonds is 3. The zero-order chi connectivity index (χ0) is 14.3. The Hall–Kier alpha value is -1.59. The predicted molar refractivity (Wildman–Crippen MR) is 85.6 cm³/mol. The van der Waals surface area contributed by atoms with Crippen molar-refractivity contribution in [2.75, 3.05) is 6.54 Å².